The van der Waals surface area contributed by atoms with E-state index in [2.05, 4.69) is 36.1 Å². The van der Waals surface area contributed by atoms with Gasteiger partial charge in [-0.2, -0.15) is 11.3 Å². The number of hydrogen-bond acceptors (Lipinski definition) is 3. The summed E-state index contributed by atoms with van der Waals surface area (Å²) in [5.41, 5.74) is 3.35. The molecule has 1 amide bonds. The van der Waals surface area contributed by atoms with Crippen LogP contribution in [0.2, 0.25) is 0 Å². The average molecular weight is 286 g/mol. The van der Waals surface area contributed by atoms with E-state index in [-0.39, 0.29) is 5.91 Å². The van der Waals surface area contributed by atoms with E-state index in [1.807, 2.05) is 21.7 Å². The second-order valence-electron chi connectivity index (χ2n) is 5.13. The van der Waals surface area contributed by atoms with Crippen molar-refractivity contribution in [1.82, 2.24) is 4.90 Å². The minimum atomic E-state index is 0.162. The number of rotatable bonds is 2. The highest BCUT2D eigenvalue weighted by atomic mass is 32.1. The fraction of sp³-hybridized carbons (Fsp3) is 0.312. The Morgan fingerprint density at radius 2 is 1.95 bits per heavy atom. The van der Waals surface area contributed by atoms with Gasteiger partial charge in [-0.1, -0.05) is 12.1 Å². The summed E-state index contributed by atoms with van der Waals surface area (Å²) in [5.74, 6) is 0.162. The van der Waals surface area contributed by atoms with E-state index in [0.717, 1.165) is 31.7 Å². The molecule has 3 nitrogen and oxygen atoms in total. The third-order valence-electron chi connectivity index (χ3n) is 3.70. The number of anilines is 1. The smallest absolute Gasteiger partial charge is 0.254 e. The van der Waals surface area contributed by atoms with Crippen molar-refractivity contribution in [2.24, 2.45) is 0 Å². The zero-order valence-electron chi connectivity index (χ0n) is 11.6. The van der Waals surface area contributed by atoms with Crippen LogP contribution in [0.15, 0.2) is 41.1 Å². The van der Waals surface area contributed by atoms with E-state index < -0.39 is 0 Å². The van der Waals surface area contributed by atoms with E-state index >= 15 is 0 Å². The van der Waals surface area contributed by atoms with Gasteiger partial charge < -0.3 is 9.80 Å². The molecule has 1 saturated heterocycles. The summed E-state index contributed by atoms with van der Waals surface area (Å²) in [6.07, 6.45) is 0. The minimum absolute atomic E-state index is 0.162. The van der Waals surface area contributed by atoms with Crippen molar-refractivity contribution in [3.05, 3.63) is 52.2 Å². The maximum absolute atomic E-state index is 12.3. The number of benzene rings is 1. The summed E-state index contributed by atoms with van der Waals surface area (Å²) >= 11 is 1.57. The van der Waals surface area contributed by atoms with Crippen LogP contribution in [0.5, 0.6) is 0 Å². The largest absolute Gasteiger partial charge is 0.368 e. The van der Waals surface area contributed by atoms with Gasteiger partial charge in [-0.05, 0) is 36.1 Å². The van der Waals surface area contributed by atoms with Gasteiger partial charge in [0.1, 0.15) is 0 Å². The van der Waals surface area contributed by atoms with Crippen molar-refractivity contribution in [2.75, 3.05) is 31.1 Å². The van der Waals surface area contributed by atoms with Crippen LogP contribution < -0.4 is 4.90 Å². The lowest BCUT2D eigenvalue weighted by Gasteiger charge is -2.36. The number of piperazine rings is 1. The van der Waals surface area contributed by atoms with E-state index in [1.165, 1.54) is 11.3 Å². The molecule has 1 fully saturated rings. The normalized spacial score (nSPS) is 15.4. The van der Waals surface area contributed by atoms with Crippen LogP contribution in [0.4, 0.5) is 5.69 Å². The second-order valence-corrected chi connectivity index (χ2v) is 5.91. The predicted octanol–water partition coefficient (Wildman–Crippen LogP) is 3.02. The van der Waals surface area contributed by atoms with Gasteiger partial charge in [-0.3, -0.25) is 4.79 Å². The summed E-state index contributed by atoms with van der Waals surface area (Å²) in [4.78, 5) is 16.6. The second kappa shape index (κ2) is 5.67. The number of carbonyl (C=O) groups is 1. The summed E-state index contributed by atoms with van der Waals surface area (Å²) in [6.45, 7) is 5.50. The van der Waals surface area contributed by atoms with Gasteiger partial charge in [-0.25, -0.2) is 0 Å². The Morgan fingerprint density at radius 1 is 1.15 bits per heavy atom. The maximum Gasteiger partial charge on any atom is 0.254 e. The van der Waals surface area contributed by atoms with Crippen LogP contribution >= 0.6 is 11.3 Å². The highest BCUT2D eigenvalue weighted by Gasteiger charge is 2.22. The van der Waals surface area contributed by atoms with Crippen molar-refractivity contribution >= 4 is 22.9 Å². The molecule has 3 rings (SSSR count). The molecule has 0 atom stereocenters. The maximum atomic E-state index is 12.3. The lowest BCUT2D eigenvalue weighted by atomic mass is 10.2. The molecular formula is C16H18N2OS. The highest BCUT2D eigenvalue weighted by molar-refractivity contribution is 7.08. The van der Waals surface area contributed by atoms with Crippen LogP contribution in [0.1, 0.15) is 15.9 Å². The van der Waals surface area contributed by atoms with E-state index in [9.17, 15) is 4.79 Å². The molecule has 1 aromatic carbocycles. The van der Waals surface area contributed by atoms with Crippen LogP contribution in [-0.4, -0.2) is 37.0 Å². The first kappa shape index (κ1) is 13.2. The topological polar surface area (TPSA) is 23.6 Å². The third kappa shape index (κ3) is 2.70. The van der Waals surface area contributed by atoms with Gasteiger partial charge in [0, 0.05) is 37.2 Å². The molecule has 1 aromatic heterocycles. The zero-order chi connectivity index (χ0) is 13.9. The third-order valence-corrected chi connectivity index (χ3v) is 4.39. The molecule has 1 aliphatic rings. The molecule has 20 heavy (non-hydrogen) atoms. The Bertz CT molecular complexity index is 586. The molecular weight excluding hydrogens is 268 g/mol. The number of carbonyl (C=O) groups excluding carboxylic acids is 1. The Hall–Kier alpha value is -1.81. The average Bonchev–Trinajstić information content (AvgIpc) is 3.01. The molecule has 0 saturated carbocycles. The van der Waals surface area contributed by atoms with Crippen LogP contribution in [0, 0.1) is 6.92 Å². The van der Waals surface area contributed by atoms with Gasteiger partial charge in [0.25, 0.3) is 5.91 Å². The summed E-state index contributed by atoms with van der Waals surface area (Å²) < 4.78 is 0. The van der Waals surface area contributed by atoms with Gasteiger partial charge in [0.05, 0.1) is 5.56 Å². The van der Waals surface area contributed by atoms with E-state index in [0.29, 0.717) is 0 Å². The molecule has 0 bridgehead atoms. The SMILES string of the molecule is Cc1cccc(N2CCN(C(=O)c3ccsc3)CC2)c1. The van der Waals surface area contributed by atoms with Crippen molar-refractivity contribution in [3.8, 4) is 0 Å². The Balaban J connectivity index is 1.64. The Morgan fingerprint density at radius 3 is 2.60 bits per heavy atom. The first-order valence-corrected chi connectivity index (χ1v) is 7.81. The highest BCUT2D eigenvalue weighted by Crippen LogP contribution is 2.19. The first-order valence-electron chi connectivity index (χ1n) is 6.87. The standard InChI is InChI=1S/C16H18N2OS/c1-13-3-2-4-15(11-13)17-6-8-18(9-7-17)16(19)14-5-10-20-12-14/h2-5,10-12H,6-9H2,1H3. The Kier molecular flexibility index (Phi) is 3.74. The van der Waals surface area contributed by atoms with Gasteiger partial charge >= 0.3 is 0 Å². The van der Waals surface area contributed by atoms with Gasteiger partial charge in [0.2, 0.25) is 0 Å². The summed E-state index contributed by atoms with van der Waals surface area (Å²) in [7, 11) is 0. The van der Waals surface area contributed by atoms with E-state index in [1.54, 1.807) is 11.3 Å². The summed E-state index contributed by atoms with van der Waals surface area (Å²) in [5, 5.41) is 3.88. The summed E-state index contributed by atoms with van der Waals surface area (Å²) in [6, 6.07) is 10.5. The molecule has 0 aliphatic carbocycles. The molecule has 0 radical (unpaired) electrons. The fourth-order valence-electron chi connectivity index (χ4n) is 2.56. The number of amides is 1. The quantitative estimate of drug-likeness (QED) is 0.847. The monoisotopic (exact) mass is 286 g/mol. The molecule has 0 N–H and O–H groups in total. The predicted molar refractivity (Wildman–Crippen MR) is 83.6 cm³/mol. The minimum Gasteiger partial charge on any atom is -0.368 e. The molecule has 2 heterocycles. The zero-order valence-corrected chi connectivity index (χ0v) is 12.4. The van der Waals surface area contributed by atoms with E-state index in [4.69, 9.17) is 0 Å². The van der Waals surface area contributed by atoms with Crippen molar-refractivity contribution < 1.29 is 4.79 Å². The number of nitrogens with zero attached hydrogens (tertiary/aromatic N) is 2. The molecule has 4 heteroatoms. The molecule has 0 unspecified atom stereocenters. The molecule has 0 spiro atoms. The lowest BCUT2D eigenvalue weighted by Crippen LogP contribution is -2.48. The van der Waals surface area contributed by atoms with Crippen molar-refractivity contribution in [3.63, 3.8) is 0 Å². The fourth-order valence-corrected chi connectivity index (χ4v) is 3.19. The van der Waals surface area contributed by atoms with Crippen LogP contribution in [-0.2, 0) is 0 Å². The number of aryl methyl sites for hydroxylation is 1. The van der Waals surface area contributed by atoms with Crippen LogP contribution in [0.3, 0.4) is 0 Å². The Labute approximate surface area is 123 Å². The lowest BCUT2D eigenvalue weighted by molar-refractivity contribution is 0.0747. The number of thiophene rings is 1. The first-order chi connectivity index (χ1) is 9.74. The number of hydrogen-bond donors (Lipinski definition) is 0. The van der Waals surface area contributed by atoms with Crippen molar-refractivity contribution in [2.45, 2.75) is 6.92 Å². The van der Waals surface area contributed by atoms with Crippen molar-refractivity contribution in [1.29, 1.82) is 0 Å². The van der Waals surface area contributed by atoms with Gasteiger partial charge in [0.15, 0.2) is 0 Å². The van der Waals surface area contributed by atoms with Crippen LogP contribution in [0.25, 0.3) is 0 Å². The molecule has 104 valence electrons. The molecule has 2 aromatic rings. The van der Waals surface area contributed by atoms with Gasteiger partial charge in [-0.15, -0.1) is 0 Å². The molecule has 1 aliphatic heterocycles.